The standard InChI is InChI=1S/C10H18.2C9H16.2C8H14.2C7H12.C6H10/c1-2-5-10-7-3-6-9(4-1)8-10;1-3-8-5-2-6-9(4-1)7-8;1-2-4-9-6-5-8(3-1)7-9;1-2-7-4-5-8(3-1)6-7;1-2-4-8-5-7(3-1)6-8;1-2-7-4-3-6(1)5-7;1-2-6-4-7(3-1)5-6;1-2-6-3-5(1)4-6/h9-10H,1-8H2;2*8-9H,1-7H2;2*7-8H,1-6H2;2*6-7H,1-5H2;5-6H,1-4H2. The Labute approximate surface area is 401 Å². The van der Waals surface area contributed by atoms with Crippen molar-refractivity contribution in [1.29, 1.82) is 0 Å². The zero-order chi connectivity index (χ0) is 43.2. The van der Waals surface area contributed by atoms with Crippen LogP contribution in [-0.2, 0) is 0 Å². The largest absolute Gasteiger partial charge is 0.0530 e. The molecule has 19 fully saturated rings. The van der Waals surface area contributed by atoms with Gasteiger partial charge in [0.25, 0.3) is 0 Å². The molecule has 368 valence electrons. The van der Waals surface area contributed by atoms with Crippen LogP contribution in [0.25, 0.3) is 0 Å². The zero-order valence-corrected chi connectivity index (χ0v) is 43.2. The molecular formula is C64H112. The van der Waals surface area contributed by atoms with Crippen LogP contribution in [0.4, 0.5) is 0 Å². The Kier molecular flexibility index (Phi) is 20.1. The molecule has 0 spiro atoms. The summed E-state index contributed by atoms with van der Waals surface area (Å²) in [4.78, 5) is 0. The first-order valence-corrected chi connectivity index (χ1v) is 31.6. The van der Waals surface area contributed by atoms with Gasteiger partial charge in [0.05, 0.1) is 0 Å². The minimum Gasteiger partial charge on any atom is -0.0530 e. The summed E-state index contributed by atoms with van der Waals surface area (Å²) in [6, 6.07) is 0. The van der Waals surface area contributed by atoms with Crippen molar-refractivity contribution in [1.82, 2.24) is 0 Å². The monoisotopic (exact) mass is 881 g/mol. The van der Waals surface area contributed by atoms with Crippen molar-refractivity contribution in [3.05, 3.63) is 0 Å². The third-order valence-corrected chi connectivity index (χ3v) is 22.8. The van der Waals surface area contributed by atoms with Gasteiger partial charge in [-0.15, -0.1) is 0 Å². The van der Waals surface area contributed by atoms with Gasteiger partial charge in [0.1, 0.15) is 0 Å². The second-order valence-electron chi connectivity index (χ2n) is 27.8. The average molecular weight is 882 g/mol. The van der Waals surface area contributed by atoms with Gasteiger partial charge in [-0.25, -0.2) is 0 Å². The van der Waals surface area contributed by atoms with Gasteiger partial charge < -0.3 is 0 Å². The number of rotatable bonds is 0. The van der Waals surface area contributed by atoms with E-state index < -0.39 is 0 Å². The molecule has 16 bridgehead atoms. The Balaban J connectivity index is 0.0000000929. The molecule has 0 aromatic carbocycles. The molecule has 19 rings (SSSR count). The number of hydrogen-bond acceptors (Lipinski definition) is 0. The summed E-state index contributed by atoms with van der Waals surface area (Å²) in [5.41, 5.74) is 0. The van der Waals surface area contributed by atoms with Crippen molar-refractivity contribution in [3.8, 4) is 0 Å². The summed E-state index contributed by atoms with van der Waals surface area (Å²) in [6.45, 7) is 0. The van der Waals surface area contributed by atoms with Crippen molar-refractivity contribution in [2.24, 2.45) is 94.7 Å². The van der Waals surface area contributed by atoms with E-state index in [4.69, 9.17) is 0 Å². The average Bonchev–Trinajstić information content (AvgIpc) is 4.17. The van der Waals surface area contributed by atoms with E-state index in [9.17, 15) is 0 Å². The van der Waals surface area contributed by atoms with E-state index in [1.807, 2.05) is 0 Å². The Morgan fingerprint density at radius 1 is 0.0938 bits per heavy atom. The third kappa shape index (κ3) is 16.0. The normalized spacial score (nSPS) is 45.0. The number of fused-ring (bicyclic) bond motifs is 16. The van der Waals surface area contributed by atoms with Crippen LogP contribution in [0.5, 0.6) is 0 Å². The fraction of sp³-hybridized carbons (Fsp3) is 1.00. The summed E-state index contributed by atoms with van der Waals surface area (Å²) in [7, 11) is 0. The van der Waals surface area contributed by atoms with Gasteiger partial charge in [0.15, 0.2) is 0 Å². The summed E-state index contributed by atoms with van der Waals surface area (Å²) >= 11 is 0. The van der Waals surface area contributed by atoms with Crippen LogP contribution < -0.4 is 0 Å². The molecule has 19 aliphatic rings. The first kappa shape index (κ1) is 49.0. The lowest BCUT2D eigenvalue weighted by Crippen LogP contribution is -2.28. The smallest absolute Gasteiger partial charge is 0.0409 e. The van der Waals surface area contributed by atoms with Gasteiger partial charge in [-0.3, -0.25) is 0 Å². The minimum absolute atomic E-state index is 1.14. The molecule has 0 N–H and O–H groups in total. The van der Waals surface area contributed by atoms with Crippen molar-refractivity contribution >= 4 is 0 Å². The van der Waals surface area contributed by atoms with Crippen molar-refractivity contribution in [2.75, 3.05) is 0 Å². The van der Waals surface area contributed by atoms with E-state index >= 15 is 0 Å². The molecule has 0 amide bonds. The molecule has 0 heteroatoms. The fourth-order valence-electron chi connectivity index (χ4n) is 18.6. The van der Waals surface area contributed by atoms with Crippen LogP contribution in [0.15, 0.2) is 0 Å². The van der Waals surface area contributed by atoms with Crippen LogP contribution in [0, 0.1) is 94.7 Å². The van der Waals surface area contributed by atoms with Gasteiger partial charge >= 0.3 is 0 Å². The van der Waals surface area contributed by atoms with Gasteiger partial charge in [-0.05, 0) is 165 Å². The Morgan fingerprint density at radius 2 is 0.203 bits per heavy atom. The lowest BCUT2D eigenvalue weighted by atomic mass is 9.65. The molecule has 19 saturated carbocycles. The summed E-state index contributed by atoms with van der Waals surface area (Å²) in [6.07, 6.45) is 74.7. The lowest BCUT2D eigenvalue weighted by molar-refractivity contribution is 0.116. The van der Waals surface area contributed by atoms with Gasteiger partial charge in [0, 0.05) is 0 Å². The highest BCUT2D eigenvalue weighted by Gasteiger charge is 2.36. The summed E-state index contributed by atoms with van der Waals surface area (Å²) in [5, 5.41) is 0. The van der Waals surface area contributed by atoms with E-state index in [-0.39, 0.29) is 0 Å². The third-order valence-electron chi connectivity index (χ3n) is 22.8. The molecule has 0 aromatic rings. The molecule has 0 aliphatic heterocycles. The zero-order valence-electron chi connectivity index (χ0n) is 43.2. The van der Waals surface area contributed by atoms with E-state index in [1.54, 1.807) is 238 Å². The van der Waals surface area contributed by atoms with E-state index in [2.05, 4.69) is 0 Å². The van der Waals surface area contributed by atoms with Crippen LogP contribution >= 0.6 is 0 Å². The van der Waals surface area contributed by atoms with Crippen molar-refractivity contribution in [2.45, 2.75) is 308 Å². The molecule has 0 saturated heterocycles. The maximum Gasteiger partial charge on any atom is -0.0409 e. The SMILES string of the molecule is C1CC2CC(C1)C2.C1CC2CC1C2.C1CC2CCC(C1)C2.C1CC2CCC1C2.C1CC2CCCC(C1)C2.C1CCC2CC(C1)C2.C1CCC2CCC(C1)C2.C1CCC2CCCC(C1)C2. The molecule has 64 heavy (non-hydrogen) atoms. The predicted molar refractivity (Wildman–Crippen MR) is 277 cm³/mol. The van der Waals surface area contributed by atoms with Crippen LogP contribution in [-0.4, -0.2) is 0 Å². The topological polar surface area (TPSA) is 0 Å². The molecule has 0 nitrogen and oxygen atoms in total. The van der Waals surface area contributed by atoms with Gasteiger partial charge in [-0.2, -0.15) is 0 Å². The summed E-state index contributed by atoms with van der Waals surface area (Å²) in [5.74, 6) is 18.6. The maximum absolute atomic E-state index is 1.58. The van der Waals surface area contributed by atoms with E-state index in [0.29, 0.717) is 0 Å². The molecule has 0 heterocycles. The summed E-state index contributed by atoms with van der Waals surface area (Å²) < 4.78 is 0. The van der Waals surface area contributed by atoms with Crippen LogP contribution in [0.3, 0.4) is 0 Å². The highest BCUT2D eigenvalue weighted by Crippen LogP contribution is 2.49. The minimum atomic E-state index is 1.14. The lowest BCUT2D eigenvalue weighted by Gasteiger charge is -2.40. The van der Waals surface area contributed by atoms with Crippen molar-refractivity contribution in [3.63, 3.8) is 0 Å². The molecule has 6 atom stereocenters. The fourth-order valence-corrected chi connectivity index (χ4v) is 18.6. The van der Waals surface area contributed by atoms with Crippen molar-refractivity contribution < 1.29 is 0 Å². The molecule has 0 radical (unpaired) electrons. The first-order chi connectivity index (χ1) is 31.6. The van der Waals surface area contributed by atoms with E-state index in [0.717, 1.165) is 47.3 Å². The molecule has 6 unspecified atom stereocenters. The highest BCUT2D eigenvalue weighted by molar-refractivity contribution is 4.88. The van der Waals surface area contributed by atoms with Gasteiger partial charge in [0.2, 0.25) is 0 Å². The second-order valence-corrected chi connectivity index (χ2v) is 27.8. The van der Waals surface area contributed by atoms with Crippen LogP contribution in [0.2, 0.25) is 0 Å². The van der Waals surface area contributed by atoms with E-state index in [1.165, 1.54) is 118 Å². The second kappa shape index (κ2) is 26.3. The molecule has 0 aromatic heterocycles. The van der Waals surface area contributed by atoms with Gasteiger partial charge in [-0.1, -0.05) is 238 Å². The Hall–Kier alpha value is 0. The Morgan fingerprint density at radius 3 is 0.375 bits per heavy atom. The highest BCUT2D eigenvalue weighted by atomic mass is 14.4. The molecular weight excluding hydrogens is 769 g/mol. The molecule has 19 aliphatic carbocycles. The predicted octanol–water partition coefficient (Wildman–Crippen LogP) is 20.7. The Bertz CT molecular complexity index is 1120. The number of hydrogen-bond donors (Lipinski definition) is 0. The quantitative estimate of drug-likeness (QED) is 0.227. The first-order valence-electron chi connectivity index (χ1n) is 31.6. The van der Waals surface area contributed by atoms with Crippen LogP contribution in [0.1, 0.15) is 308 Å². The maximum atomic E-state index is 1.58.